The lowest BCUT2D eigenvalue weighted by molar-refractivity contribution is 0.0525. The lowest BCUT2D eigenvalue weighted by atomic mass is 10.2. The monoisotopic (exact) mass is 441 g/mol. The second-order valence-corrected chi connectivity index (χ2v) is 6.79. The van der Waals surface area contributed by atoms with Crippen LogP contribution in [0.4, 0.5) is 18.9 Å². The fourth-order valence-corrected chi connectivity index (χ4v) is 3.28. The van der Waals surface area contributed by atoms with Crippen molar-refractivity contribution in [2.75, 3.05) is 12.3 Å². The van der Waals surface area contributed by atoms with Crippen LogP contribution in [-0.4, -0.2) is 22.4 Å². The summed E-state index contributed by atoms with van der Waals surface area (Å²) in [6, 6.07) is 14.7. The van der Waals surface area contributed by atoms with Crippen LogP contribution in [0.25, 0.3) is 16.6 Å². The number of para-hydroxylation sites is 2. The minimum Gasteiger partial charge on any atom is -0.462 e. The molecule has 0 aliphatic heterocycles. The van der Waals surface area contributed by atoms with Crippen LogP contribution >= 0.6 is 0 Å². The average Bonchev–Trinajstić information content (AvgIpc) is 3.13. The molecule has 0 aliphatic rings. The smallest absolute Gasteiger partial charge is 0.338 e. The van der Waals surface area contributed by atoms with E-state index in [1.165, 1.54) is 35.0 Å². The zero-order chi connectivity index (χ0) is 22.8. The van der Waals surface area contributed by atoms with E-state index in [4.69, 9.17) is 15.2 Å². The molecule has 6 nitrogen and oxygen atoms in total. The highest BCUT2D eigenvalue weighted by Gasteiger charge is 2.22. The number of fused-ring (bicyclic) bond motifs is 1. The van der Waals surface area contributed by atoms with Gasteiger partial charge in [-0.1, -0.05) is 18.2 Å². The molecule has 0 radical (unpaired) electrons. The van der Waals surface area contributed by atoms with E-state index in [0.717, 1.165) is 6.07 Å². The van der Waals surface area contributed by atoms with Crippen LogP contribution in [0.2, 0.25) is 0 Å². The summed E-state index contributed by atoms with van der Waals surface area (Å²) < 4.78 is 53.7. The number of nitrogen functional groups attached to an aromatic ring is 1. The first-order chi connectivity index (χ1) is 15.4. The predicted molar refractivity (Wildman–Crippen MR) is 113 cm³/mol. The topological polar surface area (TPSA) is 79.4 Å². The third-order valence-electron chi connectivity index (χ3n) is 4.75. The second kappa shape index (κ2) is 8.62. The average molecular weight is 441 g/mol. The molecule has 164 valence electrons. The normalized spacial score (nSPS) is 11.2. The van der Waals surface area contributed by atoms with E-state index < -0.39 is 18.2 Å². The van der Waals surface area contributed by atoms with Crippen molar-refractivity contribution in [3.8, 4) is 17.3 Å². The highest BCUT2D eigenvalue weighted by molar-refractivity contribution is 5.90. The molecule has 0 atom stereocenters. The number of aromatic nitrogens is 2. The minimum absolute atomic E-state index is 0.0192. The third kappa shape index (κ3) is 3.84. The Hall–Kier alpha value is -4.01. The third-order valence-corrected chi connectivity index (χ3v) is 4.75. The molecule has 0 spiro atoms. The number of carbonyl (C=O) groups excluding carboxylic acids is 1. The van der Waals surface area contributed by atoms with E-state index in [9.17, 15) is 18.0 Å². The van der Waals surface area contributed by atoms with Crippen molar-refractivity contribution in [1.29, 1.82) is 0 Å². The van der Waals surface area contributed by atoms with Gasteiger partial charge in [0, 0.05) is 0 Å². The Bertz CT molecular complexity index is 1300. The van der Waals surface area contributed by atoms with Crippen LogP contribution in [0.5, 0.6) is 11.6 Å². The summed E-state index contributed by atoms with van der Waals surface area (Å²) in [6.45, 7) is 1.81. The number of alkyl halides is 2. The molecular weight excluding hydrogens is 423 g/mol. The number of anilines is 1. The van der Waals surface area contributed by atoms with Gasteiger partial charge in [0.25, 0.3) is 6.43 Å². The highest BCUT2D eigenvalue weighted by atomic mass is 19.3. The van der Waals surface area contributed by atoms with Gasteiger partial charge in [0.2, 0.25) is 5.88 Å². The van der Waals surface area contributed by atoms with Crippen molar-refractivity contribution in [1.82, 2.24) is 9.78 Å². The van der Waals surface area contributed by atoms with E-state index in [1.54, 1.807) is 31.2 Å². The molecule has 0 unspecified atom stereocenters. The zero-order valence-electron chi connectivity index (χ0n) is 16.9. The predicted octanol–water partition coefficient (Wildman–Crippen LogP) is 5.65. The van der Waals surface area contributed by atoms with Gasteiger partial charge in [-0.2, -0.15) is 0 Å². The highest BCUT2D eigenvalue weighted by Crippen LogP contribution is 2.39. The summed E-state index contributed by atoms with van der Waals surface area (Å²) in [6.07, 6.45) is -2.81. The van der Waals surface area contributed by atoms with Crippen LogP contribution < -0.4 is 10.5 Å². The van der Waals surface area contributed by atoms with Gasteiger partial charge in [0.05, 0.1) is 34.3 Å². The molecular formula is C23H18F3N3O3. The first-order valence-corrected chi connectivity index (χ1v) is 9.70. The van der Waals surface area contributed by atoms with Gasteiger partial charge in [-0.25, -0.2) is 22.6 Å². The molecule has 0 saturated heterocycles. The number of hydrogen-bond acceptors (Lipinski definition) is 5. The van der Waals surface area contributed by atoms with Crippen molar-refractivity contribution in [3.05, 3.63) is 77.6 Å². The van der Waals surface area contributed by atoms with E-state index in [1.807, 2.05) is 0 Å². The van der Waals surface area contributed by atoms with E-state index >= 15 is 0 Å². The summed E-state index contributed by atoms with van der Waals surface area (Å²) in [5.41, 5.74) is 6.07. The Morgan fingerprint density at radius 3 is 2.62 bits per heavy atom. The Morgan fingerprint density at radius 2 is 1.91 bits per heavy atom. The standard InChI is InChI=1S/C23H18F3N3O3/c1-2-31-23(30)13-10-11-19(16(24)12-13)29-18-9-4-3-6-14(18)22(28-29)32-20-15(21(25)26)7-5-8-17(20)27/h3-12,21H,2,27H2,1H3. The maximum absolute atomic E-state index is 14.9. The van der Waals surface area contributed by atoms with Crippen LogP contribution in [0.1, 0.15) is 29.3 Å². The molecule has 0 aliphatic carbocycles. The summed E-state index contributed by atoms with van der Waals surface area (Å²) in [7, 11) is 0. The van der Waals surface area contributed by atoms with Gasteiger partial charge >= 0.3 is 5.97 Å². The van der Waals surface area contributed by atoms with Crippen LogP contribution in [0.3, 0.4) is 0 Å². The molecule has 3 aromatic carbocycles. The van der Waals surface area contributed by atoms with Crippen LogP contribution in [0.15, 0.2) is 60.7 Å². The molecule has 0 amide bonds. The lowest BCUT2D eigenvalue weighted by Gasteiger charge is -2.11. The maximum Gasteiger partial charge on any atom is 0.338 e. The molecule has 2 N–H and O–H groups in total. The van der Waals surface area contributed by atoms with Crippen LogP contribution in [-0.2, 0) is 4.74 Å². The van der Waals surface area contributed by atoms with Gasteiger partial charge in [0.1, 0.15) is 11.5 Å². The van der Waals surface area contributed by atoms with E-state index in [0.29, 0.717) is 10.9 Å². The molecule has 0 bridgehead atoms. The van der Waals surface area contributed by atoms with Crippen molar-refractivity contribution in [2.24, 2.45) is 0 Å². The lowest BCUT2D eigenvalue weighted by Crippen LogP contribution is -2.07. The van der Waals surface area contributed by atoms with Crippen molar-refractivity contribution < 1.29 is 27.4 Å². The second-order valence-electron chi connectivity index (χ2n) is 6.79. The Morgan fingerprint density at radius 1 is 1.12 bits per heavy atom. The number of ether oxygens (including phenoxy) is 2. The Labute approximate surface area is 181 Å². The molecule has 4 rings (SSSR count). The number of nitrogens with zero attached hydrogens (tertiary/aromatic N) is 2. The van der Waals surface area contributed by atoms with Gasteiger partial charge in [-0.15, -0.1) is 5.10 Å². The zero-order valence-corrected chi connectivity index (χ0v) is 16.9. The molecule has 32 heavy (non-hydrogen) atoms. The SMILES string of the molecule is CCOC(=O)c1ccc(-n2nc(Oc3c(N)cccc3C(F)F)c3ccccc32)c(F)c1. The van der Waals surface area contributed by atoms with Crippen molar-refractivity contribution in [3.63, 3.8) is 0 Å². The largest absolute Gasteiger partial charge is 0.462 e. The quantitative estimate of drug-likeness (QED) is 0.309. The molecule has 9 heteroatoms. The number of benzene rings is 3. The number of halogens is 3. The van der Waals surface area contributed by atoms with Gasteiger partial charge in [-0.3, -0.25) is 0 Å². The number of esters is 1. The van der Waals surface area contributed by atoms with Gasteiger partial charge in [-0.05, 0) is 49.4 Å². The number of carbonyl (C=O) groups is 1. The summed E-state index contributed by atoms with van der Waals surface area (Å²) in [5.74, 6) is -1.60. The van der Waals surface area contributed by atoms with Gasteiger partial charge in [0.15, 0.2) is 5.75 Å². The first-order valence-electron chi connectivity index (χ1n) is 9.70. The Kier molecular flexibility index (Phi) is 5.72. The van der Waals surface area contributed by atoms with Crippen LogP contribution in [0, 0.1) is 5.82 Å². The Balaban J connectivity index is 1.81. The molecule has 4 aromatic rings. The molecule has 1 aromatic heterocycles. The number of hydrogen-bond donors (Lipinski definition) is 1. The van der Waals surface area contributed by atoms with Crippen molar-refractivity contribution in [2.45, 2.75) is 13.3 Å². The summed E-state index contributed by atoms with van der Waals surface area (Å²) in [5, 5.41) is 4.77. The van der Waals surface area contributed by atoms with E-state index in [-0.39, 0.29) is 40.7 Å². The fourth-order valence-electron chi connectivity index (χ4n) is 3.28. The summed E-state index contributed by atoms with van der Waals surface area (Å²) in [4.78, 5) is 11.9. The fraction of sp³-hybridized carbons (Fsp3) is 0.130. The van der Waals surface area contributed by atoms with E-state index in [2.05, 4.69) is 5.10 Å². The number of nitrogens with two attached hydrogens (primary N) is 1. The first kappa shape index (κ1) is 21.2. The minimum atomic E-state index is -2.81. The number of rotatable bonds is 6. The maximum atomic E-state index is 14.9. The summed E-state index contributed by atoms with van der Waals surface area (Å²) >= 11 is 0. The van der Waals surface area contributed by atoms with Gasteiger partial charge < -0.3 is 15.2 Å². The molecule has 0 fully saturated rings. The molecule has 1 heterocycles. The van der Waals surface area contributed by atoms with Crippen molar-refractivity contribution >= 4 is 22.6 Å². The molecule has 0 saturated carbocycles.